The molecule has 1 aliphatic heterocycles. The van der Waals surface area contributed by atoms with Gasteiger partial charge in [-0.1, -0.05) is 6.07 Å². The van der Waals surface area contributed by atoms with Crippen molar-refractivity contribution in [1.82, 2.24) is 4.98 Å². The number of pyridine rings is 1. The van der Waals surface area contributed by atoms with Gasteiger partial charge < -0.3 is 15.4 Å². The van der Waals surface area contributed by atoms with Crippen molar-refractivity contribution in [2.75, 3.05) is 24.6 Å². The molecule has 0 saturated carbocycles. The first kappa shape index (κ1) is 13.3. The first-order chi connectivity index (χ1) is 8.65. The van der Waals surface area contributed by atoms with Crippen LogP contribution in [-0.4, -0.2) is 36.8 Å². The molecule has 0 amide bonds. The van der Waals surface area contributed by atoms with Crippen molar-refractivity contribution in [3.8, 4) is 0 Å². The van der Waals surface area contributed by atoms with E-state index < -0.39 is 0 Å². The molecular weight excluding hydrogens is 226 g/mol. The number of anilines is 1. The molecule has 100 valence electrons. The van der Waals surface area contributed by atoms with Gasteiger partial charge in [0.25, 0.3) is 0 Å². The van der Waals surface area contributed by atoms with Gasteiger partial charge >= 0.3 is 0 Å². The summed E-state index contributed by atoms with van der Waals surface area (Å²) in [5.74, 6) is 1.04. The molecule has 0 aromatic carbocycles. The van der Waals surface area contributed by atoms with Crippen molar-refractivity contribution < 1.29 is 4.74 Å². The van der Waals surface area contributed by atoms with E-state index in [1.807, 2.05) is 13.1 Å². The predicted molar refractivity (Wildman–Crippen MR) is 73.8 cm³/mol. The largest absolute Gasteiger partial charge is 0.377 e. The molecule has 2 heterocycles. The van der Waals surface area contributed by atoms with Gasteiger partial charge in [0.15, 0.2) is 0 Å². The fourth-order valence-corrected chi connectivity index (χ4v) is 2.30. The summed E-state index contributed by atoms with van der Waals surface area (Å²) in [6.07, 6.45) is 4.16. The molecule has 1 saturated heterocycles. The molecule has 1 aliphatic rings. The van der Waals surface area contributed by atoms with Gasteiger partial charge in [-0.15, -0.1) is 0 Å². The third-order valence-corrected chi connectivity index (χ3v) is 3.14. The molecular formula is C14H23N3O. The number of ether oxygens (including phenoxy) is 1. The molecule has 1 aromatic rings. The van der Waals surface area contributed by atoms with E-state index in [0.29, 0.717) is 0 Å². The number of hydrogen-bond donors (Lipinski definition) is 1. The van der Waals surface area contributed by atoms with Crippen LogP contribution in [0.3, 0.4) is 0 Å². The van der Waals surface area contributed by atoms with Crippen LogP contribution in [-0.2, 0) is 11.2 Å². The minimum atomic E-state index is 0.184. The summed E-state index contributed by atoms with van der Waals surface area (Å²) in [6.45, 7) is 6.91. The number of aromatic nitrogens is 1. The second kappa shape index (κ2) is 6.16. The Bertz CT molecular complexity index is 364. The summed E-state index contributed by atoms with van der Waals surface area (Å²) >= 11 is 0. The van der Waals surface area contributed by atoms with Crippen LogP contribution in [0.15, 0.2) is 18.3 Å². The van der Waals surface area contributed by atoms with Crippen molar-refractivity contribution in [1.29, 1.82) is 0 Å². The summed E-state index contributed by atoms with van der Waals surface area (Å²) < 4.78 is 5.64. The summed E-state index contributed by atoms with van der Waals surface area (Å²) in [5.41, 5.74) is 6.99. The molecule has 2 rings (SSSR count). The lowest BCUT2D eigenvalue weighted by Crippen LogP contribution is -2.30. The van der Waals surface area contributed by atoms with E-state index in [9.17, 15) is 0 Å². The van der Waals surface area contributed by atoms with Gasteiger partial charge in [-0.2, -0.15) is 0 Å². The SMILES string of the molecule is CC(N)Cc1ccc(N2CCCOC(C)C2)nc1. The lowest BCUT2D eigenvalue weighted by atomic mass is 10.1. The minimum Gasteiger partial charge on any atom is -0.377 e. The van der Waals surface area contributed by atoms with Crippen LogP contribution in [0.2, 0.25) is 0 Å². The third-order valence-electron chi connectivity index (χ3n) is 3.14. The molecule has 18 heavy (non-hydrogen) atoms. The standard InChI is InChI=1S/C14H23N3O/c1-11(15)8-13-4-5-14(16-9-13)17-6-3-7-18-12(2)10-17/h4-5,9,11-12H,3,6-8,10,15H2,1-2H3. The highest BCUT2D eigenvalue weighted by molar-refractivity contribution is 5.39. The van der Waals surface area contributed by atoms with Gasteiger partial charge in [0.2, 0.25) is 0 Å². The molecule has 1 fully saturated rings. The van der Waals surface area contributed by atoms with Crippen LogP contribution < -0.4 is 10.6 Å². The number of nitrogens with two attached hydrogens (primary N) is 1. The van der Waals surface area contributed by atoms with Gasteiger partial charge in [0.05, 0.1) is 6.10 Å². The first-order valence-electron chi connectivity index (χ1n) is 6.72. The average molecular weight is 249 g/mol. The molecule has 1 aromatic heterocycles. The van der Waals surface area contributed by atoms with E-state index in [2.05, 4.69) is 28.9 Å². The second-order valence-electron chi connectivity index (χ2n) is 5.19. The summed E-state index contributed by atoms with van der Waals surface area (Å²) in [5, 5.41) is 0. The van der Waals surface area contributed by atoms with Crippen LogP contribution in [0.25, 0.3) is 0 Å². The lowest BCUT2D eigenvalue weighted by Gasteiger charge is -2.23. The minimum absolute atomic E-state index is 0.184. The van der Waals surface area contributed by atoms with E-state index in [4.69, 9.17) is 10.5 Å². The fourth-order valence-electron chi connectivity index (χ4n) is 2.30. The molecule has 0 aliphatic carbocycles. The van der Waals surface area contributed by atoms with Gasteiger partial charge in [0, 0.05) is 31.9 Å². The Morgan fingerprint density at radius 1 is 1.56 bits per heavy atom. The molecule has 0 radical (unpaired) electrons. The normalized spacial score (nSPS) is 22.6. The van der Waals surface area contributed by atoms with E-state index >= 15 is 0 Å². The first-order valence-corrected chi connectivity index (χ1v) is 6.72. The maximum atomic E-state index is 5.79. The second-order valence-corrected chi connectivity index (χ2v) is 5.19. The summed E-state index contributed by atoms with van der Waals surface area (Å²) in [4.78, 5) is 6.85. The topological polar surface area (TPSA) is 51.4 Å². The zero-order chi connectivity index (χ0) is 13.0. The lowest BCUT2D eigenvalue weighted by molar-refractivity contribution is 0.0820. The summed E-state index contributed by atoms with van der Waals surface area (Å²) in [6, 6.07) is 4.40. The Hall–Kier alpha value is -1.13. The molecule has 2 N–H and O–H groups in total. The average Bonchev–Trinajstić information content (AvgIpc) is 2.54. The third kappa shape index (κ3) is 3.68. The quantitative estimate of drug-likeness (QED) is 0.884. The monoisotopic (exact) mass is 249 g/mol. The Kier molecular flexibility index (Phi) is 4.55. The van der Waals surface area contributed by atoms with Crippen molar-refractivity contribution in [3.05, 3.63) is 23.9 Å². The maximum absolute atomic E-state index is 5.79. The van der Waals surface area contributed by atoms with Crippen molar-refractivity contribution in [2.24, 2.45) is 5.73 Å². The molecule has 2 atom stereocenters. The van der Waals surface area contributed by atoms with E-state index in [1.54, 1.807) is 0 Å². The highest BCUT2D eigenvalue weighted by Gasteiger charge is 2.16. The molecule has 0 bridgehead atoms. The molecule has 0 spiro atoms. The highest BCUT2D eigenvalue weighted by atomic mass is 16.5. The van der Waals surface area contributed by atoms with Crippen LogP contribution in [0.5, 0.6) is 0 Å². The zero-order valence-corrected chi connectivity index (χ0v) is 11.3. The maximum Gasteiger partial charge on any atom is 0.128 e. The fraction of sp³-hybridized carbons (Fsp3) is 0.643. The van der Waals surface area contributed by atoms with E-state index in [1.165, 1.54) is 5.56 Å². The van der Waals surface area contributed by atoms with E-state index in [-0.39, 0.29) is 12.1 Å². The van der Waals surface area contributed by atoms with Crippen LogP contribution in [0.1, 0.15) is 25.8 Å². The highest BCUT2D eigenvalue weighted by Crippen LogP contribution is 2.16. The van der Waals surface area contributed by atoms with Crippen molar-refractivity contribution in [3.63, 3.8) is 0 Å². The van der Waals surface area contributed by atoms with Gasteiger partial charge in [-0.05, 0) is 38.3 Å². The molecule has 2 unspecified atom stereocenters. The Morgan fingerprint density at radius 3 is 3.06 bits per heavy atom. The Labute approximate surface area is 109 Å². The Balaban J connectivity index is 2.03. The van der Waals surface area contributed by atoms with Crippen molar-refractivity contribution in [2.45, 2.75) is 38.8 Å². The Morgan fingerprint density at radius 2 is 2.39 bits per heavy atom. The molecule has 4 heteroatoms. The summed E-state index contributed by atoms with van der Waals surface area (Å²) in [7, 11) is 0. The van der Waals surface area contributed by atoms with Gasteiger partial charge in [0.1, 0.15) is 5.82 Å². The van der Waals surface area contributed by atoms with Crippen LogP contribution >= 0.6 is 0 Å². The molecule has 4 nitrogen and oxygen atoms in total. The van der Waals surface area contributed by atoms with Gasteiger partial charge in [-0.3, -0.25) is 0 Å². The van der Waals surface area contributed by atoms with Crippen LogP contribution in [0.4, 0.5) is 5.82 Å². The number of hydrogen-bond acceptors (Lipinski definition) is 4. The number of rotatable bonds is 3. The number of nitrogens with zero attached hydrogens (tertiary/aromatic N) is 2. The van der Waals surface area contributed by atoms with Crippen molar-refractivity contribution >= 4 is 5.82 Å². The van der Waals surface area contributed by atoms with Gasteiger partial charge in [-0.25, -0.2) is 4.98 Å². The predicted octanol–water partition coefficient (Wildman–Crippen LogP) is 1.59. The van der Waals surface area contributed by atoms with Crippen LogP contribution in [0, 0.1) is 0 Å². The smallest absolute Gasteiger partial charge is 0.128 e. The zero-order valence-electron chi connectivity index (χ0n) is 11.3. The van der Waals surface area contributed by atoms with E-state index in [0.717, 1.165) is 38.4 Å².